The number of rotatable bonds is 6. The van der Waals surface area contributed by atoms with Gasteiger partial charge in [0.05, 0.1) is 6.54 Å². The second kappa shape index (κ2) is 10.9. The van der Waals surface area contributed by atoms with Crippen molar-refractivity contribution in [1.29, 1.82) is 0 Å². The molecule has 0 aliphatic rings. The lowest BCUT2D eigenvalue weighted by atomic mass is 10.3. The summed E-state index contributed by atoms with van der Waals surface area (Å²) in [7, 11) is -4.20. The fourth-order valence-corrected chi connectivity index (χ4v) is 1.02. The van der Waals surface area contributed by atoms with Crippen LogP contribution in [0.15, 0.2) is 0 Å². The van der Waals surface area contributed by atoms with Gasteiger partial charge in [-0.1, -0.05) is 26.7 Å². The van der Waals surface area contributed by atoms with Crippen molar-refractivity contribution in [3.8, 4) is 0 Å². The maximum Gasteiger partial charge on any atom is 0.159 e. The van der Waals surface area contributed by atoms with Gasteiger partial charge in [0.25, 0.3) is 0 Å². The molecule has 88 valence electrons. The first-order valence-electron chi connectivity index (χ1n) is 4.97. The molecule has 5 nitrogen and oxygen atoms in total. The van der Waals surface area contributed by atoms with E-state index in [9.17, 15) is 13.0 Å². The van der Waals surface area contributed by atoms with Crippen LogP contribution >= 0.6 is 0 Å². The first-order valence-corrected chi connectivity index (χ1v) is 6.38. The molecule has 0 aliphatic carbocycles. The van der Waals surface area contributed by atoms with E-state index in [0.29, 0.717) is 6.42 Å². The molecule has 0 amide bonds. The van der Waals surface area contributed by atoms with Gasteiger partial charge in [0.15, 0.2) is 10.3 Å². The molecule has 4 N–H and O–H groups in total. The van der Waals surface area contributed by atoms with E-state index in [1.165, 1.54) is 12.8 Å². The lowest BCUT2D eigenvalue weighted by molar-refractivity contribution is -0.368. The van der Waals surface area contributed by atoms with E-state index < -0.39 is 10.3 Å². The second-order valence-electron chi connectivity index (χ2n) is 2.91. The predicted octanol–water partition coefficient (Wildman–Crippen LogP) is -0.135. The van der Waals surface area contributed by atoms with Gasteiger partial charge in [0.2, 0.25) is 0 Å². The van der Waals surface area contributed by atoms with Gasteiger partial charge in [-0.2, -0.15) is 0 Å². The van der Waals surface area contributed by atoms with Crippen LogP contribution in [0, 0.1) is 0 Å². The van der Waals surface area contributed by atoms with E-state index in [1.54, 1.807) is 0 Å². The van der Waals surface area contributed by atoms with E-state index in [1.807, 2.05) is 11.6 Å². The highest BCUT2D eigenvalue weighted by molar-refractivity contribution is 7.83. The Balaban J connectivity index is 0. The van der Waals surface area contributed by atoms with Gasteiger partial charge >= 0.3 is 0 Å². The van der Waals surface area contributed by atoms with Gasteiger partial charge in [0.1, 0.15) is 0 Å². The lowest BCUT2D eigenvalue weighted by Crippen LogP contribution is -2.49. The van der Waals surface area contributed by atoms with Gasteiger partial charge in [0, 0.05) is 6.54 Å². The maximum absolute atomic E-state index is 9.84. The summed E-state index contributed by atoms with van der Waals surface area (Å²) < 4.78 is 31.4. The summed E-state index contributed by atoms with van der Waals surface area (Å²) in [4.78, 5) is 0. The number of unbranched alkanes of at least 4 members (excludes halogenated alkanes) is 2. The standard InChI is InChI=1S/C4H11NO3S.C4H11N/c1-2-3-4-5-9(6,7)8;1-2-3-4-5/h5H,2-4H2,1H3,(H,6,7,8);2-5H2,1H3. The summed E-state index contributed by atoms with van der Waals surface area (Å²) in [6, 6.07) is 0. The van der Waals surface area contributed by atoms with Crippen LogP contribution in [-0.4, -0.2) is 26.1 Å². The van der Waals surface area contributed by atoms with Crippen LogP contribution < -0.4 is 10.5 Å². The monoisotopic (exact) mass is 226 g/mol. The Kier molecular flexibility index (Phi) is 12.7. The zero-order valence-electron chi connectivity index (χ0n) is 9.08. The molecule has 0 aromatic carbocycles. The fraction of sp³-hybridized carbons (Fsp3) is 1.00. The van der Waals surface area contributed by atoms with Crippen molar-refractivity contribution < 1.29 is 18.7 Å². The second-order valence-corrected chi connectivity index (χ2v) is 4.11. The van der Waals surface area contributed by atoms with Crippen LogP contribution in [0.3, 0.4) is 0 Å². The average Bonchev–Trinajstić information content (AvgIpc) is 2.05. The molecule has 0 unspecified atom stereocenters. The third-order valence-corrected chi connectivity index (χ3v) is 1.97. The van der Waals surface area contributed by atoms with E-state index in [2.05, 4.69) is 12.7 Å². The van der Waals surface area contributed by atoms with Gasteiger partial charge in [-0.25, -0.2) is 13.1 Å². The molecule has 0 spiro atoms. The molecule has 0 saturated carbocycles. The molecule has 0 aromatic heterocycles. The Morgan fingerprint density at radius 2 is 1.71 bits per heavy atom. The van der Waals surface area contributed by atoms with E-state index >= 15 is 0 Å². The van der Waals surface area contributed by atoms with Crippen molar-refractivity contribution >= 4 is 10.3 Å². The van der Waals surface area contributed by atoms with Crippen molar-refractivity contribution in [3.63, 3.8) is 0 Å². The Morgan fingerprint density at radius 1 is 1.21 bits per heavy atom. The minimum Gasteiger partial charge on any atom is -0.735 e. The number of nitrogens with one attached hydrogen (secondary N) is 1. The molecule has 0 aromatic rings. The van der Waals surface area contributed by atoms with Gasteiger partial charge in [-0.3, -0.25) is 0 Å². The van der Waals surface area contributed by atoms with Gasteiger partial charge in [-0.15, -0.1) is 0 Å². The highest BCUT2D eigenvalue weighted by Crippen LogP contribution is 1.83. The Hall–Kier alpha value is -0.170. The van der Waals surface area contributed by atoms with Gasteiger partial charge < -0.3 is 10.3 Å². The molecule has 0 atom stereocenters. The largest absolute Gasteiger partial charge is 0.735 e. The maximum atomic E-state index is 9.84. The molecule has 0 heterocycles. The number of quaternary nitrogens is 1. The van der Waals surface area contributed by atoms with Crippen molar-refractivity contribution in [2.75, 3.05) is 13.1 Å². The van der Waals surface area contributed by atoms with Crippen molar-refractivity contribution in [1.82, 2.24) is 4.72 Å². The van der Waals surface area contributed by atoms with Crippen molar-refractivity contribution in [2.45, 2.75) is 39.5 Å². The highest BCUT2D eigenvalue weighted by atomic mass is 32.2. The summed E-state index contributed by atoms with van der Waals surface area (Å²) in [6.07, 6.45) is 4.15. The molecule has 6 heteroatoms. The summed E-state index contributed by atoms with van der Waals surface area (Å²) in [5, 5.41) is 0. The number of hydrogen-bond acceptors (Lipinski definition) is 3. The van der Waals surface area contributed by atoms with Crippen LogP contribution in [0.5, 0.6) is 0 Å². The Bertz CT molecular complexity index is 191. The summed E-state index contributed by atoms with van der Waals surface area (Å²) in [5.41, 5.74) is 3.68. The Labute approximate surface area is 87.0 Å². The molecule has 14 heavy (non-hydrogen) atoms. The average molecular weight is 226 g/mol. The summed E-state index contributed by atoms with van der Waals surface area (Å²) >= 11 is 0. The van der Waals surface area contributed by atoms with Crippen molar-refractivity contribution in [3.05, 3.63) is 0 Å². The molecular weight excluding hydrogens is 204 g/mol. The zero-order valence-corrected chi connectivity index (χ0v) is 9.90. The summed E-state index contributed by atoms with van der Waals surface area (Å²) in [5.74, 6) is 0. The van der Waals surface area contributed by atoms with E-state index in [-0.39, 0.29) is 6.54 Å². The first kappa shape index (κ1) is 16.3. The molecule has 0 bridgehead atoms. The van der Waals surface area contributed by atoms with E-state index in [4.69, 9.17) is 0 Å². The van der Waals surface area contributed by atoms with Gasteiger partial charge in [-0.05, 0) is 12.8 Å². The minimum atomic E-state index is -4.20. The molecule has 0 radical (unpaired) electrons. The molecular formula is C8H22N2O3S. The topological polar surface area (TPSA) is 96.9 Å². The van der Waals surface area contributed by atoms with E-state index in [0.717, 1.165) is 13.0 Å². The SMILES string of the molecule is CCCCNS(=O)(=O)[O-].CCCC[NH3+]. The van der Waals surface area contributed by atoms with Crippen LogP contribution in [0.2, 0.25) is 0 Å². The highest BCUT2D eigenvalue weighted by Gasteiger charge is 1.89. The van der Waals surface area contributed by atoms with Crippen LogP contribution in [-0.2, 0) is 10.3 Å². The predicted molar refractivity (Wildman–Crippen MR) is 55.3 cm³/mol. The Morgan fingerprint density at radius 3 is 1.93 bits per heavy atom. The summed E-state index contributed by atoms with van der Waals surface area (Å²) in [6.45, 7) is 5.43. The molecule has 0 saturated heterocycles. The normalized spacial score (nSPS) is 10.6. The third kappa shape index (κ3) is 22.6. The first-order chi connectivity index (χ1) is 6.47. The molecule has 0 fully saturated rings. The molecule has 0 aliphatic heterocycles. The number of hydrogen-bond donors (Lipinski definition) is 2. The molecule has 0 rings (SSSR count). The minimum absolute atomic E-state index is 0.252. The van der Waals surface area contributed by atoms with Crippen LogP contribution in [0.25, 0.3) is 0 Å². The van der Waals surface area contributed by atoms with Crippen molar-refractivity contribution in [2.24, 2.45) is 0 Å². The van der Waals surface area contributed by atoms with Crippen LogP contribution in [0.1, 0.15) is 39.5 Å². The quantitative estimate of drug-likeness (QED) is 0.487. The lowest BCUT2D eigenvalue weighted by Gasteiger charge is -2.06. The zero-order chi connectivity index (χ0) is 11.4. The smallest absolute Gasteiger partial charge is 0.159 e. The van der Waals surface area contributed by atoms with Crippen LogP contribution in [0.4, 0.5) is 0 Å². The third-order valence-electron chi connectivity index (χ3n) is 1.41. The fourth-order valence-electron chi connectivity index (χ4n) is 0.624.